The minimum atomic E-state index is -0.242. The van der Waals surface area contributed by atoms with Gasteiger partial charge in [-0.1, -0.05) is 49.7 Å². The molecule has 0 atom stereocenters. The average Bonchev–Trinajstić information content (AvgIpc) is 3.46. The summed E-state index contributed by atoms with van der Waals surface area (Å²) in [6.45, 7) is 11.3. The standard InChI is InChI=1S/C33H36N8O/c1-21-6-13-26(14-7-21)41-29(17-30(38-41)33(3,4)5)32(42)36-25-12-8-22(2)28(16-25)40-20-27(37-39-40)24-11-15-31(35-19-24)34-18-23-9-10-23/h6-8,11-17,19-20,23H,9-10,18H2,1-5H3,(H,34,35)(H,36,42). The number of aromatic nitrogens is 6. The fourth-order valence-electron chi connectivity index (χ4n) is 4.66. The Morgan fingerprint density at radius 2 is 1.79 bits per heavy atom. The van der Waals surface area contributed by atoms with Crippen molar-refractivity contribution in [2.45, 2.75) is 52.9 Å². The largest absolute Gasteiger partial charge is 0.370 e. The first-order chi connectivity index (χ1) is 20.1. The highest BCUT2D eigenvalue weighted by Gasteiger charge is 2.24. The highest BCUT2D eigenvalue weighted by molar-refractivity contribution is 6.03. The van der Waals surface area contributed by atoms with Crippen molar-refractivity contribution in [1.82, 2.24) is 29.8 Å². The summed E-state index contributed by atoms with van der Waals surface area (Å²) < 4.78 is 3.45. The molecule has 6 rings (SSSR count). The van der Waals surface area contributed by atoms with E-state index in [-0.39, 0.29) is 11.3 Å². The summed E-state index contributed by atoms with van der Waals surface area (Å²) in [5, 5.41) is 20.0. The van der Waals surface area contributed by atoms with Crippen LogP contribution in [0.5, 0.6) is 0 Å². The van der Waals surface area contributed by atoms with Gasteiger partial charge >= 0.3 is 0 Å². The number of benzene rings is 2. The van der Waals surface area contributed by atoms with Gasteiger partial charge in [0, 0.05) is 29.4 Å². The highest BCUT2D eigenvalue weighted by Crippen LogP contribution is 2.29. The van der Waals surface area contributed by atoms with Crippen LogP contribution in [0, 0.1) is 19.8 Å². The Balaban J connectivity index is 1.23. The quantitative estimate of drug-likeness (QED) is 0.225. The lowest BCUT2D eigenvalue weighted by Gasteiger charge is -2.14. The number of aryl methyl sites for hydroxylation is 2. The molecular weight excluding hydrogens is 524 g/mol. The molecule has 1 saturated carbocycles. The van der Waals surface area contributed by atoms with Crippen LogP contribution in [0.4, 0.5) is 11.5 Å². The second kappa shape index (κ2) is 10.9. The summed E-state index contributed by atoms with van der Waals surface area (Å²) >= 11 is 0. The average molecular weight is 561 g/mol. The summed E-state index contributed by atoms with van der Waals surface area (Å²) in [5.41, 5.74) is 7.17. The number of rotatable bonds is 8. The van der Waals surface area contributed by atoms with Gasteiger partial charge in [0.15, 0.2) is 0 Å². The fraction of sp³-hybridized carbons (Fsp3) is 0.303. The molecule has 2 aromatic carbocycles. The first-order valence-electron chi connectivity index (χ1n) is 14.4. The van der Waals surface area contributed by atoms with Crippen LogP contribution in [-0.4, -0.2) is 42.2 Å². The Hall–Kier alpha value is -4.79. The molecule has 0 radical (unpaired) electrons. The Morgan fingerprint density at radius 3 is 2.48 bits per heavy atom. The molecule has 5 aromatic rings. The van der Waals surface area contributed by atoms with E-state index < -0.39 is 0 Å². The number of nitrogens with zero attached hydrogens (tertiary/aromatic N) is 6. The number of amides is 1. The van der Waals surface area contributed by atoms with Gasteiger partial charge in [0.05, 0.1) is 23.3 Å². The zero-order valence-electron chi connectivity index (χ0n) is 24.7. The summed E-state index contributed by atoms with van der Waals surface area (Å²) in [6.07, 6.45) is 6.30. The van der Waals surface area contributed by atoms with Crippen LogP contribution in [-0.2, 0) is 5.41 Å². The van der Waals surface area contributed by atoms with E-state index in [9.17, 15) is 4.79 Å². The number of carbonyl (C=O) groups is 1. The van der Waals surface area contributed by atoms with Crippen molar-refractivity contribution in [3.8, 4) is 22.6 Å². The van der Waals surface area contributed by atoms with Crippen molar-refractivity contribution < 1.29 is 4.79 Å². The molecule has 9 nitrogen and oxygen atoms in total. The Kier molecular flexibility index (Phi) is 7.10. The summed E-state index contributed by atoms with van der Waals surface area (Å²) in [4.78, 5) is 18.2. The molecule has 3 heterocycles. The molecule has 1 aliphatic rings. The lowest BCUT2D eigenvalue weighted by atomic mass is 9.92. The predicted octanol–water partition coefficient (Wildman–Crippen LogP) is 6.50. The second-order valence-electron chi connectivity index (χ2n) is 12.2. The molecule has 214 valence electrons. The van der Waals surface area contributed by atoms with Gasteiger partial charge in [-0.25, -0.2) is 14.3 Å². The number of hydrogen-bond acceptors (Lipinski definition) is 6. The zero-order chi connectivity index (χ0) is 29.4. The minimum absolute atomic E-state index is 0.213. The van der Waals surface area contributed by atoms with Crippen LogP contribution in [0.3, 0.4) is 0 Å². The van der Waals surface area contributed by atoms with Gasteiger partial charge in [-0.3, -0.25) is 4.79 Å². The molecule has 2 N–H and O–H groups in total. The first-order valence-corrected chi connectivity index (χ1v) is 14.4. The van der Waals surface area contributed by atoms with Crippen LogP contribution >= 0.6 is 0 Å². The Morgan fingerprint density at radius 1 is 1.00 bits per heavy atom. The van der Waals surface area contributed by atoms with Crippen LogP contribution in [0.1, 0.15) is 60.9 Å². The van der Waals surface area contributed by atoms with Crippen LogP contribution < -0.4 is 10.6 Å². The number of carbonyl (C=O) groups excluding carboxylic acids is 1. The lowest BCUT2D eigenvalue weighted by Crippen LogP contribution is -2.17. The van der Waals surface area contributed by atoms with Crippen molar-refractivity contribution in [1.29, 1.82) is 0 Å². The third-order valence-electron chi connectivity index (χ3n) is 7.52. The smallest absolute Gasteiger partial charge is 0.274 e. The maximum atomic E-state index is 13.6. The molecular formula is C33H36N8O. The van der Waals surface area contributed by atoms with Crippen LogP contribution in [0.15, 0.2) is 73.1 Å². The molecule has 1 aliphatic carbocycles. The number of pyridine rings is 1. The molecule has 1 amide bonds. The molecule has 0 aliphatic heterocycles. The summed E-state index contributed by atoms with van der Waals surface area (Å²) in [6, 6.07) is 19.6. The van der Waals surface area contributed by atoms with Crippen molar-refractivity contribution in [3.63, 3.8) is 0 Å². The summed E-state index contributed by atoms with van der Waals surface area (Å²) in [7, 11) is 0. The van der Waals surface area contributed by atoms with Crippen LogP contribution in [0.2, 0.25) is 0 Å². The lowest BCUT2D eigenvalue weighted by molar-refractivity contribution is 0.101. The molecule has 0 saturated heterocycles. The van der Waals surface area contributed by atoms with Crippen molar-refractivity contribution >= 4 is 17.4 Å². The highest BCUT2D eigenvalue weighted by atomic mass is 16.2. The van der Waals surface area contributed by atoms with E-state index in [1.54, 1.807) is 9.36 Å². The molecule has 3 aromatic heterocycles. The first kappa shape index (κ1) is 27.4. The van der Waals surface area contributed by atoms with Gasteiger partial charge in [-0.15, -0.1) is 5.10 Å². The molecule has 9 heteroatoms. The van der Waals surface area contributed by atoms with Gasteiger partial charge in [-0.2, -0.15) is 5.10 Å². The monoisotopic (exact) mass is 560 g/mol. The SMILES string of the molecule is Cc1ccc(-n2nc(C(C)(C)C)cc2C(=O)Nc2ccc(C)c(-n3cc(-c4ccc(NCC5CC5)nc4)nn3)c2)cc1. The van der Waals surface area contributed by atoms with E-state index in [2.05, 4.69) is 46.7 Å². The summed E-state index contributed by atoms with van der Waals surface area (Å²) in [5.74, 6) is 1.41. The van der Waals surface area contributed by atoms with Gasteiger partial charge in [0.25, 0.3) is 5.91 Å². The van der Waals surface area contributed by atoms with Crippen molar-refractivity contribution in [2.24, 2.45) is 5.92 Å². The molecule has 0 bridgehead atoms. The van der Waals surface area contributed by atoms with Gasteiger partial charge < -0.3 is 10.6 Å². The van der Waals surface area contributed by atoms with Crippen molar-refractivity contribution in [2.75, 3.05) is 17.2 Å². The normalized spacial score (nSPS) is 13.3. The van der Waals surface area contributed by atoms with E-state index >= 15 is 0 Å². The second-order valence-corrected chi connectivity index (χ2v) is 12.2. The van der Waals surface area contributed by atoms with E-state index in [1.807, 2.05) is 86.9 Å². The van der Waals surface area contributed by atoms with Gasteiger partial charge in [0.2, 0.25) is 0 Å². The fourth-order valence-corrected chi connectivity index (χ4v) is 4.66. The molecule has 42 heavy (non-hydrogen) atoms. The van der Waals surface area contributed by atoms with E-state index in [1.165, 1.54) is 12.8 Å². The number of hydrogen-bond donors (Lipinski definition) is 2. The predicted molar refractivity (Wildman–Crippen MR) is 165 cm³/mol. The Bertz CT molecular complexity index is 1720. The number of anilines is 2. The third-order valence-corrected chi connectivity index (χ3v) is 7.52. The zero-order valence-corrected chi connectivity index (χ0v) is 24.7. The molecule has 0 spiro atoms. The maximum absolute atomic E-state index is 13.6. The maximum Gasteiger partial charge on any atom is 0.274 e. The van der Waals surface area contributed by atoms with Crippen molar-refractivity contribution in [3.05, 3.63) is 95.6 Å². The van der Waals surface area contributed by atoms with Gasteiger partial charge in [-0.05, 0) is 80.6 Å². The molecule has 1 fully saturated rings. The van der Waals surface area contributed by atoms with E-state index in [0.717, 1.165) is 57.7 Å². The van der Waals surface area contributed by atoms with Gasteiger partial charge in [0.1, 0.15) is 17.2 Å². The minimum Gasteiger partial charge on any atom is -0.370 e. The molecule has 0 unspecified atom stereocenters. The van der Waals surface area contributed by atoms with E-state index in [4.69, 9.17) is 5.10 Å². The number of nitrogens with one attached hydrogen (secondary N) is 2. The van der Waals surface area contributed by atoms with Crippen LogP contribution in [0.25, 0.3) is 22.6 Å². The Labute approximate surface area is 246 Å². The topological polar surface area (TPSA) is 103 Å². The third kappa shape index (κ3) is 5.95. The van der Waals surface area contributed by atoms with E-state index in [0.29, 0.717) is 11.4 Å².